The summed E-state index contributed by atoms with van der Waals surface area (Å²) in [5.74, 6) is 2.05. The van der Waals surface area contributed by atoms with Crippen molar-refractivity contribution in [3.05, 3.63) is 23.7 Å². The third-order valence-electron chi connectivity index (χ3n) is 3.42. The SMILES string of the molecule is CC(C)NCc1ccc(CN2CC(C)OC(C)(C)C2)o1. The first-order valence-corrected chi connectivity index (χ1v) is 7.55. The highest BCUT2D eigenvalue weighted by molar-refractivity contribution is 5.07. The van der Waals surface area contributed by atoms with E-state index in [1.54, 1.807) is 0 Å². The molecule has 4 heteroatoms. The molecule has 114 valence electrons. The van der Waals surface area contributed by atoms with Gasteiger partial charge in [0.05, 0.1) is 24.8 Å². The van der Waals surface area contributed by atoms with Crippen LogP contribution in [0.25, 0.3) is 0 Å². The topological polar surface area (TPSA) is 37.6 Å². The fourth-order valence-electron chi connectivity index (χ4n) is 2.83. The van der Waals surface area contributed by atoms with Gasteiger partial charge in [-0.15, -0.1) is 0 Å². The molecule has 1 N–H and O–H groups in total. The minimum atomic E-state index is -0.0771. The van der Waals surface area contributed by atoms with Gasteiger partial charge in [0.1, 0.15) is 11.5 Å². The molecule has 1 aliphatic rings. The Hall–Kier alpha value is -0.840. The molecule has 0 spiro atoms. The molecule has 1 aliphatic heterocycles. The molecule has 1 atom stereocenters. The van der Waals surface area contributed by atoms with Crippen molar-refractivity contribution in [1.29, 1.82) is 0 Å². The van der Waals surface area contributed by atoms with Crippen molar-refractivity contribution in [3.8, 4) is 0 Å². The van der Waals surface area contributed by atoms with Gasteiger partial charge >= 0.3 is 0 Å². The summed E-state index contributed by atoms with van der Waals surface area (Å²) in [6.07, 6.45) is 0.274. The first kappa shape index (κ1) is 15.5. The summed E-state index contributed by atoms with van der Waals surface area (Å²) in [7, 11) is 0. The minimum absolute atomic E-state index is 0.0771. The summed E-state index contributed by atoms with van der Waals surface area (Å²) in [5, 5.41) is 3.37. The minimum Gasteiger partial charge on any atom is -0.463 e. The molecule has 0 bridgehead atoms. The molecular formula is C16H28N2O2. The molecule has 0 amide bonds. The predicted molar refractivity (Wildman–Crippen MR) is 80.6 cm³/mol. The molecule has 20 heavy (non-hydrogen) atoms. The van der Waals surface area contributed by atoms with Crippen LogP contribution in [0.2, 0.25) is 0 Å². The number of nitrogens with one attached hydrogen (secondary N) is 1. The normalized spacial score (nSPS) is 23.4. The van der Waals surface area contributed by atoms with Gasteiger partial charge in [0.25, 0.3) is 0 Å². The number of rotatable bonds is 5. The quantitative estimate of drug-likeness (QED) is 0.900. The number of nitrogens with zero attached hydrogens (tertiary/aromatic N) is 1. The summed E-state index contributed by atoms with van der Waals surface area (Å²) in [6.45, 7) is 14.3. The average Bonchev–Trinajstić information content (AvgIpc) is 2.71. The third kappa shape index (κ3) is 4.62. The zero-order valence-electron chi connectivity index (χ0n) is 13.4. The lowest BCUT2D eigenvalue weighted by Gasteiger charge is -2.41. The lowest BCUT2D eigenvalue weighted by atomic mass is 10.1. The molecule has 1 aromatic rings. The van der Waals surface area contributed by atoms with Crippen LogP contribution in [0, 0.1) is 0 Å². The van der Waals surface area contributed by atoms with Crippen LogP contribution in [-0.2, 0) is 17.8 Å². The van der Waals surface area contributed by atoms with Gasteiger partial charge in [-0.25, -0.2) is 0 Å². The Morgan fingerprint density at radius 2 is 2.05 bits per heavy atom. The lowest BCUT2D eigenvalue weighted by molar-refractivity contribution is -0.131. The smallest absolute Gasteiger partial charge is 0.118 e. The molecule has 1 aromatic heterocycles. The van der Waals surface area contributed by atoms with Crippen LogP contribution in [-0.4, -0.2) is 35.7 Å². The second-order valence-electron chi connectivity index (χ2n) is 6.76. The van der Waals surface area contributed by atoms with Gasteiger partial charge in [-0.3, -0.25) is 4.90 Å². The Kier molecular flexibility index (Phi) is 4.89. The first-order valence-electron chi connectivity index (χ1n) is 7.55. The molecule has 1 saturated heterocycles. The van der Waals surface area contributed by atoms with E-state index in [9.17, 15) is 0 Å². The molecule has 1 unspecified atom stereocenters. The molecular weight excluding hydrogens is 252 g/mol. The fraction of sp³-hybridized carbons (Fsp3) is 0.750. The van der Waals surface area contributed by atoms with Crippen LogP contribution in [0.5, 0.6) is 0 Å². The van der Waals surface area contributed by atoms with Gasteiger partial charge in [0, 0.05) is 19.1 Å². The maximum absolute atomic E-state index is 5.93. The molecule has 2 rings (SSSR count). The highest BCUT2D eigenvalue weighted by Gasteiger charge is 2.31. The molecule has 4 nitrogen and oxygen atoms in total. The van der Waals surface area contributed by atoms with Crippen molar-refractivity contribution < 1.29 is 9.15 Å². The molecule has 0 aromatic carbocycles. The van der Waals surface area contributed by atoms with E-state index in [1.165, 1.54) is 0 Å². The van der Waals surface area contributed by atoms with E-state index in [1.807, 2.05) is 0 Å². The van der Waals surface area contributed by atoms with E-state index in [0.717, 1.165) is 37.7 Å². The Morgan fingerprint density at radius 1 is 1.35 bits per heavy atom. The summed E-state index contributed by atoms with van der Waals surface area (Å²) in [6, 6.07) is 4.63. The van der Waals surface area contributed by atoms with Crippen LogP contribution in [0.3, 0.4) is 0 Å². The van der Waals surface area contributed by atoms with Gasteiger partial charge < -0.3 is 14.5 Å². The van der Waals surface area contributed by atoms with Crippen molar-refractivity contribution in [2.75, 3.05) is 13.1 Å². The molecule has 2 heterocycles. The Morgan fingerprint density at radius 3 is 2.70 bits per heavy atom. The summed E-state index contributed by atoms with van der Waals surface area (Å²) >= 11 is 0. The number of hydrogen-bond donors (Lipinski definition) is 1. The number of ether oxygens (including phenoxy) is 1. The standard InChI is InChI=1S/C16H28N2O2/c1-12(2)17-8-14-6-7-15(19-14)10-18-9-13(3)20-16(4,5)11-18/h6-7,12-13,17H,8-11H2,1-5H3. The van der Waals surface area contributed by atoms with Crippen LogP contribution in [0.1, 0.15) is 46.1 Å². The van der Waals surface area contributed by atoms with E-state index in [-0.39, 0.29) is 11.7 Å². The van der Waals surface area contributed by atoms with E-state index in [2.05, 4.69) is 57.0 Å². The van der Waals surface area contributed by atoms with Gasteiger partial charge in [-0.2, -0.15) is 0 Å². The summed E-state index contributed by atoms with van der Waals surface area (Å²) in [4.78, 5) is 2.41. The number of furan rings is 1. The van der Waals surface area contributed by atoms with Gasteiger partial charge in [0.15, 0.2) is 0 Å². The van der Waals surface area contributed by atoms with Crippen LogP contribution >= 0.6 is 0 Å². The molecule has 0 aliphatic carbocycles. The van der Waals surface area contributed by atoms with E-state index in [0.29, 0.717) is 6.04 Å². The lowest BCUT2D eigenvalue weighted by Crippen LogP contribution is -2.51. The Balaban J connectivity index is 1.90. The average molecular weight is 280 g/mol. The second kappa shape index (κ2) is 6.29. The first-order chi connectivity index (χ1) is 9.34. The van der Waals surface area contributed by atoms with Crippen molar-refractivity contribution in [2.45, 2.75) is 65.5 Å². The summed E-state index contributed by atoms with van der Waals surface area (Å²) in [5.41, 5.74) is -0.0771. The van der Waals surface area contributed by atoms with Crippen molar-refractivity contribution in [3.63, 3.8) is 0 Å². The maximum Gasteiger partial charge on any atom is 0.118 e. The highest BCUT2D eigenvalue weighted by Crippen LogP contribution is 2.22. The Labute approximate surface area is 122 Å². The number of morpholine rings is 1. The van der Waals surface area contributed by atoms with Gasteiger partial charge in [-0.05, 0) is 32.9 Å². The van der Waals surface area contributed by atoms with Crippen molar-refractivity contribution in [2.24, 2.45) is 0 Å². The van der Waals surface area contributed by atoms with Gasteiger partial charge in [0.2, 0.25) is 0 Å². The van der Waals surface area contributed by atoms with Crippen LogP contribution in [0.15, 0.2) is 16.5 Å². The predicted octanol–water partition coefficient (Wildman–Crippen LogP) is 2.78. The van der Waals surface area contributed by atoms with E-state index < -0.39 is 0 Å². The second-order valence-corrected chi connectivity index (χ2v) is 6.76. The zero-order valence-corrected chi connectivity index (χ0v) is 13.4. The monoisotopic (exact) mass is 280 g/mol. The fourth-order valence-corrected chi connectivity index (χ4v) is 2.83. The molecule has 0 radical (unpaired) electrons. The molecule has 0 saturated carbocycles. The summed E-state index contributed by atoms with van der Waals surface area (Å²) < 4.78 is 11.8. The van der Waals surface area contributed by atoms with Crippen molar-refractivity contribution >= 4 is 0 Å². The third-order valence-corrected chi connectivity index (χ3v) is 3.42. The Bertz CT molecular complexity index is 426. The van der Waals surface area contributed by atoms with Crippen LogP contribution in [0.4, 0.5) is 0 Å². The largest absolute Gasteiger partial charge is 0.463 e. The molecule has 1 fully saturated rings. The maximum atomic E-state index is 5.93. The zero-order chi connectivity index (χ0) is 14.8. The van der Waals surface area contributed by atoms with Crippen molar-refractivity contribution in [1.82, 2.24) is 10.2 Å². The van der Waals surface area contributed by atoms with Gasteiger partial charge in [-0.1, -0.05) is 13.8 Å². The van der Waals surface area contributed by atoms with E-state index >= 15 is 0 Å². The highest BCUT2D eigenvalue weighted by atomic mass is 16.5. The van der Waals surface area contributed by atoms with E-state index in [4.69, 9.17) is 9.15 Å². The number of hydrogen-bond acceptors (Lipinski definition) is 4. The van der Waals surface area contributed by atoms with Crippen LogP contribution < -0.4 is 5.32 Å².